The van der Waals surface area contributed by atoms with Crippen molar-refractivity contribution in [2.75, 3.05) is 0 Å². The number of pyridine rings is 2. The number of hydrogen-bond donors (Lipinski definition) is 0. The summed E-state index contributed by atoms with van der Waals surface area (Å²) < 4.78 is 0. The average Bonchev–Trinajstić information content (AvgIpc) is 2.41. The van der Waals surface area contributed by atoms with Crippen LogP contribution in [0, 0.1) is 0 Å². The molecule has 2 rings (SSSR count). The number of hydrogen-bond acceptors (Lipinski definition) is 6. The van der Waals surface area contributed by atoms with Gasteiger partial charge in [-0.05, 0) is 24.3 Å². The minimum absolute atomic E-state index is 0. The van der Waals surface area contributed by atoms with Crippen molar-refractivity contribution in [1.29, 1.82) is 0 Å². The van der Waals surface area contributed by atoms with Crippen LogP contribution in [0.5, 0.6) is 0 Å². The van der Waals surface area contributed by atoms with Crippen LogP contribution in [0.4, 0.5) is 0 Å². The van der Waals surface area contributed by atoms with Gasteiger partial charge in [0.2, 0.25) is 0 Å². The first-order valence-electron chi connectivity index (χ1n) is 4.84. The maximum atomic E-state index is 10.1. The van der Waals surface area contributed by atoms with Crippen molar-refractivity contribution in [2.24, 2.45) is 0 Å². The number of carboxylic acid groups (broad SMARTS) is 2. The summed E-state index contributed by atoms with van der Waals surface area (Å²) in [4.78, 5) is 27.4. The fraction of sp³-hybridized carbons (Fsp3) is 0. The molecule has 21 heavy (non-hydrogen) atoms. The molecule has 0 spiro atoms. The zero-order valence-electron chi connectivity index (χ0n) is 10.6. The molecule has 0 radical (unpaired) electrons. The fourth-order valence-corrected chi connectivity index (χ4v) is 0.976. The van der Waals surface area contributed by atoms with E-state index in [1.165, 1.54) is 49.1 Å². The van der Waals surface area contributed by atoms with E-state index in [0.29, 0.717) is 0 Å². The number of carbonyl (C=O) groups excluding carboxylic acids is 2. The molecule has 0 aliphatic rings. The molecule has 4 N–H and O–H groups in total. The number of aromatic nitrogens is 2. The number of carbonyl (C=O) groups is 2. The maximum Gasteiger partial charge on any atom is 4.00 e. The van der Waals surface area contributed by atoms with E-state index >= 15 is 0 Å². The summed E-state index contributed by atoms with van der Waals surface area (Å²) in [5, 5.41) is 20.1. The molecule has 0 bridgehead atoms. The standard InChI is InChI=1S/2C6H5NO2.2H2N.Pt/c2*8-6(9)5-1-3-7-4-2-5;;;/h2*1-4H,(H,8,9);2*1H2;/q;;2*-1;+4/p-2. The Bertz CT molecular complexity index is 476. The summed E-state index contributed by atoms with van der Waals surface area (Å²) >= 11 is 0. The molecule has 0 amide bonds. The average molecular weight is 471 g/mol. The largest absolute Gasteiger partial charge is 4.00 e. The van der Waals surface area contributed by atoms with E-state index in [1.54, 1.807) is 0 Å². The van der Waals surface area contributed by atoms with Gasteiger partial charge in [0, 0.05) is 35.9 Å². The molecule has 0 aliphatic heterocycles. The van der Waals surface area contributed by atoms with Crippen molar-refractivity contribution < 1.29 is 40.9 Å². The van der Waals surface area contributed by atoms with Gasteiger partial charge in [0.1, 0.15) is 0 Å². The van der Waals surface area contributed by atoms with E-state index in [-0.39, 0.29) is 44.5 Å². The van der Waals surface area contributed by atoms with Gasteiger partial charge in [0.25, 0.3) is 0 Å². The van der Waals surface area contributed by atoms with Crippen LogP contribution in [-0.2, 0) is 21.1 Å². The molecule has 0 unspecified atom stereocenters. The van der Waals surface area contributed by atoms with Gasteiger partial charge in [-0.15, -0.1) is 0 Å². The second kappa shape index (κ2) is 12.9. The number of aromatic carboxylic acids is 2. The first-order valence-corrected chi connectivity index (χ1v) is 4.84. The minimum atomic E-state index is -1.17. The molecule has 2 aromatic rings. The molecule has 114 valence electrons. The third kappa shape index (κ3) is 9.39. The van der Waals surface area contributed by atoms with E-state index in [9.17, 15) is 19.8 Å². The Hall–Kier alpha value is -2.15. The molecule has 9 heteroatoms. The number of nitrogens with zero attached hydrogens (tertiary/aromatic N) is 2. The quantitative estimate of drug-likeness (QED) is 0.610. The zero-order chi connectivity index (χ0) is 13.4. The Balaban J connectivity index is -0.000000270. The van der Waals surface area contributed by atoms with E-state index in [4.69, 9.17) is 0 Å². The van der Waals surface area contributed by atoms with Crippen LogP contribution in [0.1, 0.15) is 20.7 Å². The van der Waals surface area contributed by atoms with Crippen LogP contribution in [0.15, 0.2) is 49.1 Å². The minimum Gasteiger partial charge on any atom is -0.693 e. The van der Waals surface area contributed by atoms with Gasteiger partial charge in [0.05, 0.1) is 11.9 Å². The predicted octanol–water partition coefficient (Wildman–Crippen LogP) is 0.322. The first-order chi connectivity index (χ1) is 8.61. The molecule has 0 saturated carbocycles. The van der Waals surface area contributed by atoms with E-state index in [0.717, 1.165) is 0 Å². The fourth-order valence-electron chi connectivity index (χ4n) is 0.976. The van der Waals surface area contributed by atoms with Gasteiger partial charge in [-0.1, -0.05) is 0 Å². The molecule has 0 aromatic carbocycles. The van der Waals surface area contributed by atoms with E-state index < -0.39 is 11.9 Å². The van der Waals surface area contributed by atoms with Crippen molar-refractivity contribution in [3.8, 4) is 0 Å². The van der Waals surface area contributed by atoms with Crippen LogP contribution < -0.4 is 10.2 Å². The summed E-state index contributed by atoms with van der Waals surface area (Å²) in [5.74, 6) is -2.34. The Labute approximate surface area is 135 Å². The molecule has 8 nitrogen and oxygen atoms in total. The smallest absolute Gasteiger partial charge is 0.693 e. The summed E-state index contributed by atoms with van der Waals surface area (Å²) in [7, 11) is 0. The number of rotatable bonds is 2. The van der Waals surface area contributed by atoms with Crippen molar-refractivity contribution in [1.82, 2.24) is 9.97 Å². The van der Waals surface area contributed by atoms with Crippen molar-refractivity contribution in [3.63, 3.8) is 0 Å². The summed E-state index contributed by atoms with van der Waals surface area (Å²) in [6.45, 7) is 0. The van der Waals surface area contributed by atoms with Crippen molar-refractivity contribution in [2.45, 2.75) is 0 Å². The third-order valence-corrected chi connectivity index (χ3v) is 1.83. The molecule has 0 saturated heterocycles. The normalized spacial score (nSPS) is 7.62. The number of carboxylic acids is 2. The van der Waals surface area contributed by atoms with Gasteiger partial charge in [-0.2, -0.15) is 0 Å². The van der Waals surface area contributed by atoms with Crippen molar-refractivity contribution in [3.05, 3.63) is 72.5 Å². The van der Waals surface area contributed by atoms with Crippen LogP contribution in [0.3, 0.4) is 0 Å². The van der Waals surface area contributed by atoms with E-state index in [2.05, 4.69) is 9.97 Å². The van der Waals surface area contributed by atoms with Crippen LogP contribution in [0.25, 0.3) is 12.3 Å². The summed E-state index contributed by atoms with van der Waals surface area (Å²) in [6, 6.07) is 5.54. The Morgan fingerprint density at radius 3 is 1.10 bits per heavy atom. The Morgan fingerprint density at radius 1 is 0.714 bits per heavy atom. The molecular weight excluding hydrogens is 459 g/mol. The van der Waals surface area contributed by atoms with Crippen molar-refractivity contribution >= 4 is 11.9 Å². The zero-order valence-corrected chi connectivity index (χ0v) is 12.9. The monoisotopic (exact) mass is 471 g/mol. The van der Waals surface area contributed by atoms with Gasteiger partial charge in [-0.3, -0.25) is 9.97 Å². The summed E-state index contributed by atoms with van der Waals surface area (Å²) in [6.07, 6.45) is 5.63. The Kier molecular flexibility index (Phi) is 14.6. The second-order valence-electron chi connectivity index (χ2n) is 3.05. The molecule has 2 aromatic heterocycles. The first kappa shape index (κ1) is 23.9. The van der Waals surface area contributed by atoms with Crippen LogP contribution in [-0.4, -0.2) is 21.9 Å². The van der Waals surface area contributed by atoms with Gasteiger partial charge in [0.15, 0.2) is 0 Å². The molecule has 0 atom stereocenters. The molecule has 2 heterocycles. The van der Waals surface area contributed by atoms with Gasteiger partial charge in [-0.25, -0.2) is 0 Å². The molecular formula is C12H12N4O4Pt. The SMILES string of the molecule is O=C([O-])c1ccncc1.O=C([O-])c1ccncc1.[NH2-].[NH2-].[Pt+4]. The second-order valence-corrected chi connectivity index (χ2v) is 3.05. The van der Waals surface area contributed by atoms with Crippen LogP contribution >= 0.6 is 0 Å². The van der Waals surface area contributed by atoms with Gasteiger partial charge >= 0.3 is 21.1 Å². The topological polar surface area (TPSA) is 173 Å². The maximum absolute atomic E-state index is 10.1. The summed E-state index contributed by atoms with van der Waals surface area (Å²) in [5.41, 5.74) is 0.315. The van der Waals surface area contributed by atoms with Gasteiger partial charge < -0.3 is 32.1 Å². The third-order valence-electron chi connectivity index (χ3n) is 1.83. The molecule has 0 fully saturated rings. The molecule has 0 aliphatic carbocycles. The van der Waals surface area contributed by atoms with E-state index in [1.807, 2.05) is 0 Å². The van der Waals surface area contributed by atoms with Crippen LogP contribution in [0.2, 0.25) is 0 Å². The number of nitrogens with two attached hydrogens (primary N) is 2. The predicted molar refractivity (Wildman–Crippen MR) is 67.7 cm³/mol. The Morgan fingerprint density at radius 2 is 0.952 bits per heavy atom.